The number of carbonyl (C=O) groups is 2. The molecule has 1 saturated carbocycles. The van der Waals surface area contributed by atoms with Crippen LogP contribution in [0.5, 0.6) is 5.75 Å². The molecule has 1 heterocycles. The van der Waals surface area contributed by atoms with E-state index in [0.717, 1.165) is 0 Å². The summed E-state index contributed by atoms with van der Waals surface area (Å²) >= 11 is 0. The molecule has 1 fully saturated rings. The van der Waals surface area contributed by atoms with Crippen molar-refractivity contribution in [3.05, 3.63) is 90.0 Å². The number of rotatable bonds is 6. The maximum Gasteiger partial charge on any atom is 0.410 e. The highest BCUT2D eigenvalue weighted by Crippen LogP contribution is 2.33. The molecule has 0 atom stereocenters. The maximum atomic E-state index is 12.7. The fraction of sp³-hybridized carbons (Fsp3) is 0.280. The predicted molar refractivity (Wildman–Crippen MR) is 112 cm³/mol. The van der Waals surface area contributed by atoms with Gasteiger partial charge in [-0.25, -0.2) is 4.79 Å². The van der Waals surface area contributed by atoms with E-state index in [1.54, 1.807) is 29.1 Å². The number of Topliss-reactive ketones (excluding diaryl/α,β-unsaturated/α-hetero) is 1. The van der Waals surface area contributed by atoms with Crippen LogP contribution in [0, 0.1) is 0 Å². The van der Waals surface area contributed by atoms with Crippen LogP contribution in [-0.4, -0.2) is 16.7 Å². The topological polar surface area (TPSA) is 60.1 Å². The zero-order chi connectivity index (χ0) is 20.8. The molecule has 1 aromatic heterocycles. The number of ketones is 1. The minimum absolute atomic E-state index is 0.0393. The molecule has 2 aromatic carbocycles. The van der Waals surface area contributed by atoms with Gasteiger partial charge in [0, 0.05) is 5.56 Å². The highest BCUT2D eigenvalue weighted by atomic mass is 16.5. The van der Waals surface area contributed by atoms with E-state index in [1.807, 2.05) is 30.3 Å². The van der Waals surface area contributed by atoms with Gasteiger partial charge < -0.3 is 4.74 Å². The number of nitrogens with zero attached hydrogens (tertiary/aromatic N) is 2. The third-order valence-electron chi connectivity index (χ3n) is 5.63. The third-order valence-corrected chi connectivity index (χ3v) is 5.63. The first-order valence-electron chi connectivity index (χ1n) is 10.4. The van der Waals surface area contributed by atoms with Crippen LogP contribution in [0.3, 0.4) is 0 Å². The molecule has 0 spiro atoms. The standard InChI is InChI=1S/C25H25N2O3/c28-24(21-9-5-2-6-10-21)18-27-16-15-26-17-23(27)25(29)30-22-13-11-20(12-14-22)19-7-3-1-4-8-19/h2,5-6,9-17,19H,1,3-4,7-8,18H2/q+1. The van der Waals surface area contributed by atoms with Crippen molar-refractivity contribution in [3.63, 3.8) is 0 Å². The Balaban J connectivity index is 1.45. The van der Waals surface area contributed by atoms with Crippen LogP contribution < -0.4 is 9.30 Å². The van der Waals surface area contributed by atoms with E-state index in [0.29, 0.717) is 17.2 Å². The molecule has 5 heteroatoms. The smallest absolute Gasteiger partial charge is 0.410 e. The summed E-state index contributed by atoms with van der Waals surface area (Å²) in [5.41, 5.74) is 2.14. The second-order valence-electron chi connectivity index (χ2n) is 7.67. The summed E-state index contributed by atoms with van der Waals surface area (Å²) in [6, 6.07) is 16.8. The summed E-state index contributed by atoms with van der Waals surface area (Å²) in [6.45, 7) is 0.0393. The summed E-state index contributed by atoms with van der Waals surface area (Å²) in [5, 5.41) is 0. The molecular weight excluding hydrogens is 376 g/mol. The fourth-order valence-corrected chi connectivity index (χ4v) is 3.97. The molecular formula is C25H25N2O3+. The quantitative estimate of drug-likeness (QED) is 0.264. The predicted octanol–water partition coefficient (Wildman–Crippen LogP) is 4.52. The summed E-state index contributed by atoms with van der Waals surface area (Å²) in [7, 11) is 0. The molecule has 1 aliphatic rings. The largest absolute Gasteiger partial charge is 0.419 e. The van der Waals surface area contributed by atoms with Crippen molar-refractivity contribution >= 4 is 11.8 Å². The summed E-state index contributed by atoms with van der Waals surface area (Å²) in [5.74, 6) is 0.476. The lowest BCUT2D eigenvalue weighted by Gasteiger charge is -2.21. The van der Waals surface area contributed by atoms with Gasteiger partial charge in [0.2, 0.25) is 12.3 Å². The molecule has 0 aliphatic heterocycles. The number of ether oxygens (including phenoxy) is 1. The first kappa shape index (κ1) is 20.0. The lowest BCUT2D eigenvalue weighted by Crippen LogP contribution is -2.44. The van der Waals surface area contributed by atoms with Crippen molar-refractivity contribution in [1.29, 1.82) is 0 Å². The molecule has 152 valence electrons. The van der Waals surface area contributed by atoms with Crippen LogP contribution in [0.15, 0.2) is 73.2 Å². The van der Waals surface area contributed by atoms with Gasteiger partial charge in [0.05, 0.1) is 6.20 Å². The van der Waals surface area contributed by atoms with E-state index < -0.39 is 5.97 Å². The van der Waals surface area contributed by atoms with Gasteiger partial charge in [-0.15, -0.1) is 0 Å². The Kier molecular flexibility index (Phi) is 6.28. The average molecular weight is 401 g/mol. The van der Waals surface area contributed by atoms with Gasteiger partial charge in [0.1, 0.15) is 11.9 Å². The van der Waals surface area contributed by atoms with Crippen molar-refractivity contribution in [2.24, 2.45) is 0 Å². The Bertz CT molecular complexity index is 1010. The summed E-state index contributed by atoms with van der Waals surface area (Å²) < 4.78 is 7.13. The molecule has 0 saturated heterocycles. The zero-order valence-electron chi connectivity index (χ0n) is 16.9. The van der Waals surface area contributed by atoms with Crippen LogP contribution in [0.25, 0.3) is 0 Å². The van der Waals surface area contributed by atoms with E-state index in [9.17, 15) is 9.59 Å². The third kappa shape index (κ3) is 4.79. The Morgan fingerprint density at radius 3 is 2.43 bits per heavy atom. The number of aromatic nitrogens is 2. The Labute approximate surface area is 176 Å². The molecule has 30 heavy (non-hydrogen) atoms. The van der Waals surface area contributed by atoms with E-state index in [2.05, 4.69) is 17.1 Å². The molecule has 5 nitrogen and oxygen atoms in total. The number of hydrogen-bond donors (Lipinski definition) is 0. The lowest BCUT2D eigenvalue weighted by molar-refractivity contribution is -0.686. The first-order chi connectivity index (χ1) is 14.7. The van der Waals surface area contributed by atoms with Gasteiger partial charge >= 0.3 is 11.7 Å². The SMILES string of the molecule is O=C(C[n+]1ccncc1C(=O)Oc1ccc(C2CCCCC2)cc1)c1ccccc1. The first-order valence-corrected chi connectivity index (χ1v) is 10.4. The second-order valence-corrected chi connectivity index (χ2v) is 7.67. The van der Waals surface area contributed by atoms with Gasteiger partial charge in [0.25, 0.3) is 0 Å². The fourth-order valence-electron chi connectivity index (χ4n) is 3.97. The molecule has 0 amide bonds. The highest BCUT2D eigenvalue weighted by Gasteiger charge is 2.24. The number of carbonyl (C=O) groups excluding carboxylic acids is 2. The highest BCUT2D eigenvalue weighted by molar-refractivity contribution is 5.95. The van der Waals surface area contributed by atoms with Crippen LogP contribution in [0.4, 0.5) is 0 Å². The van der Waals surface area contributed by atoms with E-state index in [-0.39, 0.29) is 18.0 Å². The Hall–Kier alpha value is -3.34. The van der Waals surface area contributed by atoms with Crippen LogP contribution in [0.1, 0.15) is 64.4 Å². The Morgan fingerprint density at radius 2 is 1.70 bits per heavy atom. The minimum Gasteiger partial charge on any atom is -0.419 e. The lowest BCUT2D eigenvalue weighted by atomic mass is 9.84. The van der Waals surface area contributed by atoms with Gasteiger partial charge in [-0.2, -0.15) is 4.57 Å². The van der Waals surface area contributed by atoms with Crippen LogP contribution in [0.2, 0.25) is 0 Å². The normalized spacial score (nSPS) is 14.3. The molecule has 0 radical (unpaired) electrons. The van der Waals surface area contributed by atoms with Crippen molar-refractivity contribution in [3.8, 4) is 5.75 Å². The van der Waals surface area contributed by atoms with Gasteiger partial charge in [-0.3, -0.25) is 9.78 Å². The molecule has 0 bridgehead atoms. The van der Waals surface area contributed by atoms with Crippen molar-refractivity contribution < 1.29 is 18.9 Å². The molecule has 0 unspecified atom stereocenters. The number of hydrogen-bond acceptors (Lipinski definition) is 4. The monoisotopic (exact) mass is 401 g/mol. The maximum absolute atomic E-state index is 12.7. The summed E-state index contributed by atoms with van der Waals surface area (Å²) in [4.78, 5) is 29.3. The van der Waals surface area contributed by atoms with E-state index in [1.165, 1.54) is 43.9 Å². The van der Waals surface area contributed by atoms with E-state index in [4.69, 9.17) is 4.74 Å². The average Bonchev–Trinajstić information content (AvgIpc) is 2.81. The van der Waals surface area contributed by atoms with Gasteiger partial charge in [0.15, 0.2) is 6.20 Å². The molecule has 1 aliphatic carbocycles. The van der Waals surface area contributed by atoms with Crippen LogP contribution >= 0.6 is 0 Å². The van der Waals surface area contributed by atoms with Gasteiger partial charge in [-0.1, -0.05) is 61.7 Å². The van der Waals surface area contributed by atoms with Crippen molar-refractivity contribution in [1.82, 2.24) is 4.98 Å². The van der Waals surface area contributed by atoms with Gasteiger partial charge in [-0.05, 0) is 36.5 Å². The molecule has 4 rings (SSSR count). The molecule has 0 N–H and O–H groups in total. The number of benzene rings is 2. The van der Waals surface area contributed by atoms with Crippen molar-refractivity contribution in [2.45, 2.75) is 44.6 Å². The van der Waals surface area contributed by atoms with Crippen molar-refractivity contribution in [2.75, 3.05) is 0 Å². The van der Waals surface area contributed by atoms with Crippen LogP contribution in [-0.2, 0) is 6.54 Å². The van der Waals surface area contributed by atoms with E-state index >= 15 is 0 Å². The second kappa shape index (κ2) is 9.44. The minimum atomic E-state index is -0.533. The zero-order valence-corrected chi connectivity index (χ0v) is 16.9. The summed E-state index contributed by atoms with van der Waals surface area (Å²) in [6.07, 6.45) is 10.9. The molecule has 3 aromatic rings. The Morgan fingerprint density at radius 1 is 0.967 bits per heavy atom. The number of esters is 1.